The van der Waals surface area contributed by atoms with Crippen LogP contribution in [-0.2, 0) is 0 Å². The molecule has 0 aliphatic rings. The van der Waals surface area contributed by atoms with Gasteiger partial charge in [0.05, 0.1) is 11.3 Å². The second-order valence-corrected chi connectivity index (χ2v) is 3.52. The second kappa shape index (κ2) is 4.05. The third-order valence-electron chi connectivity index (χ3n) is 1.68. The summed E-state index contributed by atoms with van der Waals surface area (Å²) in [5.74, 6) is -0.643. The maximum absolute atomic E-state index is 10.5. The number of nitrogens with zero attached hydrogens (tertiary/aromatic N) is 2. The van der Waals surface area contributed by atoms with Gasteiger partial charge in [-0.05, 0) is 11.4 Å². The fourth-order valence-corrected chi connectivity index (χ4v) is 1.56. The Kier molecular flexibility index (Phi) is 2.59. The minimum Gasteiger partial charge on any atom is -0.478 e. The highest BCUT2D eigenvalue weighted by molar-refractivity contribution is 7.08. The number of aromatic nitrogens is 2. The number of carboxylic acid groups (broad SMARTS) is 1. The lowest BCUT2D eigenvalue weighted by Crippen LogP contribution is -2.01. The van der Waals surface area contributed by atoms with E-state index in [1.807, 2.05) is 16.8 Å². The molecule has 6 heteroatoms. The van der Waals surface area contributed by atoms with Crippen LogP contribution in [0.3, 0.4) is 0 Å². The quantitative estimate of drug-likeness (QED) is 0.828. The summed E-state index contributed by atoms with van der Waals surface area (Å²) < 4.78 is 0. The van der Waals surface area contributed by atoms with E-state index in [1.54, 1.807) is 11.3 Å². The van der Waals surface area contributed by atoms with Gasteiger partial charge in [-0.3, -0.25) is 0 Å². The van der Waals surface area contributed by atoms with Crippen molar-refractivity contribution < 1.29 is 9.90 Å². The van der Waals surface area contributed by atoms with Crippen LogP contribution in [0.5, 0.6) is 0 Å². The van der Waals surface area contributed by atoms with E-state index in [0.717, 1.165) is 5.69 Å². The van der Waals surface area contributed by atoms with Crippen LogP contribution in [0.15, 0.2) is 29.2 Å². The van der Waals surface area contributed by atoms with Crippen molar-refractivity contribution in [2.45, 2.75) is 0 Å². The normalized spacial score (nSPS) is 9.87. The van der Waals surface area contributed by atoms with Crippen LogP contribution < -0.4 is 5.32 Å². The molecule has 0 fully saturated rings. The van der Waals surface area contributed by atoms with Crippen molar-refractivity contribution in [1.82, 2.24) is 9.97 Å². The molecule has 2 heterocycles. The van der Waals surface area contributed by atoms with Crippen LogP contribution in [0.1, 0.15) is 10.4 Å². The number of carbonyl (C=O) groups is 1. The third kappa shape index (κ3) is 2.29. The predicted octanol–water partition coefficient (Wildman–Crippen LogP) is 1.98. The van der Waals surface area contributed by atoms with Gasteiger partial charge in [-0.25, -0.2) is 14.8 Å². The van der Waals surface area contributed by atoms with Crippen molar-refractivity contribution in [1.29, 1.82) is 0 Å². The molecule has 0 radical (unpaired) electrons. The van der Waals surface area contributed by atoms with Crippen LogP contribution in [0.4, 0.5) is 11.6 Å². The monoisotopic (exact) mass is 221 g/mol. The molecule has 76 valence electrons. The predicted molar refractivity (Wildman–Crippen MR) is 56.6 cm³/mol. The fraction of sp³-hybridized carbons (Fsp3) is 0. The Morgan fingerprint density at radius 2 is 2.13 bits per heavy atom. The third-order valence-corrected chi connectivity index (χ3v) is 2.36. The Labute approximate surface area is 89.4 Å². The minimum atomic E-state index is -1.03. The molecule has 0 aliphatic carbocycles. The van der Waals surface area contributed by atoms with E-state index in [2.05, 4.69) is 15.3 Å². The Hall–Kier alpha value is -1.95. The molecule has 2 rings (SSSR count). The van der Waals surface area contributed by atoms with Gasteiger partial charge in [0.25, 0.3) is 0 Å². The summed E-state index contributed by atoms with van der Waals surface area (Å²) >= 11 is 1.55. The number of rotatable bonds is 3. The number of hydrogen-bond acceptors (Lipinski definition) is 5. The van der Waals surface area contributed by atoms with Gasteiger partial charge < -0.3 is 10.4 Å². The first-order chi connectivity index (χ1) is 7.25. The topological polar surface area (TPSA) is 75.1 Å². The van der Waals surface area contributed by atoms with Crippen molar-refractivity contribution >= 4 is 28.9 Å². The maximum Gasteiger partial charge on any atom is 0.338 e. The highest BCUT2D eigenvalue weighted by Gasteiger charge is 2.04. The number of hydrogen-bond donors (Lipinski definition) is 2. The average molecular weight is 221 g/mol. The van der Waals surface area contributed by atoms with Gasteiger partial charge in [0.2, 0.25) is 5.95 Å². The zero-order valence-corrected chi connectivity index (χ0v) is 8.36. The van der Waals surface area contributed by atoms with E-state index in [9.17, 15) is 4.79 Å². The summed E-state index contributed by atoms with van der Waals surface area (Å²) in [6.07, 6.45) is 2.54. The number of nitrogens with one attached hydrogen (secondary N) is 1. The second-order valence-electron chi connectivity index (χ2n) is 2.74. The van der Waals surface area contributed by atoms with Crippen LogP contribution in [0.2, 0.25) is 0 Å². The van der Waals surface area contributed by atoms with E-state index in [-0.39, 0.29) is 5.56 Å². The molecule has 0 unspecified atom stereocenters. The van der Waals surface area contributed by atoms with Gasteiger partial charge >= 0.3 is 5.97 Å². The zero-order valence-electron chi connectivity index (χ0n) is 7.54. The van der Waals surface area contributed by atoms with E-state index < -0.39 is 5.97 Å². The Morgan fingerprint density at radius 3 is 2.67 bits per heavy atom. The Morgan fingerprint density at radius 1 is 1.40 bits per heavy atom. The molecule has 2 aromatic rings. The summed E-state index contributed by atoms with van der Waals surface area (Å²) in [6.45, 7) is 0. The first-order valence-corrected chi connectivity index (χ1v) is 5.04. The van der Waals surface area contributed by atoms with Crippen molar-refractivity contribution in [3.8, 4) is 0 Å². The maximum atomic E-state index is 10.5. The molecular formula is C9H7N3O2S. The molecular weight excluding hydrogens is 214 g/mol. The van der Waals surface area contributed by atoms with Gasteiger partial charge in [0, 0.05) is 17.8 Å². The molecule has 0 atom stereocenters. The number of anilines is 2. The van der Waals surface area contributed by atoms with Gasteiger partial charge in [-0.15, -0.1) is 0 Å². The molecule has 0 saturated heterocycles. The first kappa shape index (κ1) is 9.60. The van der Waals surface area contributed by atoms with Gasteiger partial charge in [-0.1, -0.05) is 0 Å². The smallest absolute Gasteiger partial charge is 0.338 e. The molecule has 0 aliphatic heterocycles. The largest absolute Gasteiger partial charge is 0.478 e. The molecule has 0 saturated carbocycles. The minimum absolute atomic E-state index is 0.0749. The van der Waals surface area contributed by atoms with Gasteiger partial charge in [0.15, 0.2) is 0 Å². The first-order valence-electron chi connectivity index (χ1n) is 4.10. The number of carboxylic acids is 1. The molecule has 0 amide bonds. The zero-order chi connectivity index (χ0) is 10.7. The van der Waals surface area contributed by atoms with E-state index >= 15 is 0 Å². The van der Waals surface area contributed by atoms with Crippen molar-refractivity contribution in [2.24, 2.45) is 0 Å². The number of aromatic carboxylic acids is 1. The Balaban J connectivity index is 2.14. The highest BCUT2D eigenvalue weighted by Crippen LogP contribution is 2.15. The van der Waals surface area contributed by atoms with E-state index in [4.69, 9.17) is 5.11 Å². The lowest BCUT2D eigenvalue weighted by atomic mass is 10.3. The molecule has 0 aromatic carbocycles. The van der Waals surface area contributed by atoms with Crippen LogP contribution >= 0.6 is 11.3 Å². The average Bonchev–Trinajstić information content (AvgIpc) is 2.71. The number of thiophene rings is 1. The van der Waals surface area contributed by atoms with Crippen LogP contribution in [-0.4, -0.2) is 21.0 Å². The van der Waals surface area contributed by atoms with Crippen molar-refractivity contribution in [3.05, 3.63) is 34.8 Å². The van der Waals surface area contributed by atoms with E-state index in [0.29, 0.717) is 5.95 Å². The van der Waals surface area contributed by atoms with Crippen molar-refractivity contribution in [3.63, 3.8) is 0 Å². The van der Waals surface area contributed by atoms with Gasteiger partial charge in [0.1, 0.15) is 0 Å². The van der Waals surface area contributed by atoms with E-state index in [1.165, 1.54) is 12.4 Å². The summed E-state index contributed by atoms with van der Waals surface area (Å²) in [4.78, 5) is 18.3. The summed E-state index contributed by atoms with van der Waals surface area (Å²) in [5, 5.41) is 15.4. The lowest BCUT2D eigenvalue weighted by Gasteiger charge is -2.00. The molecule has 0 bridgehead atoms. The highest BCUT2D eigenvalue weighted by atomic mass is 32.1. The lowest BCUT2D eigenvalue weighted by molar-refractivity contribution is 0.0696. The standard InChI is InChI=1S/C9H7N3O2S/c13-8(14)6-3-10-9(11-4-6)12-7-1-2-15-5-7/h1-5H,(H,13,14)(H,10,11,12). The fourth-order valence-electron chi connectivity index (χ4n) is 0.968. The molecule has 0 spiro atoms. The van der Waals surface area contributed by atoms with Gasteiger partial charge in [-0.2, -0.15) is 11.3 Å². The summed E-state index contributed by atoms with van der Waals surface area (Å²) in [7, 11) is 0. The molecule has 2 aromatic heterocycles. The molecule has 2 N–H and O–H groups in total. The van der Waals surface area contributed by atoms with Crippen molar-refractivity contribution in [2.75, 3.05) is 5.32 Å². The van der Waals surface area contributed by atoms with Crippen LogP contribution in [0, 0.1) is 0 Å². The Bertz CT molecular complexity index is 453. The SMILES string of the molecule is O=C(O)c1cnc(Nc2ccsc2)nc1. The molecule has 15 heavy (non-hydrogen) atoms. The summed E-state index contributed by atoms with van der Waals surface area (Å²) in [5.41, 5.74) is 0.967. The summed E-state index contributed by atoms with van der Waals surface area (Å²) in [6, 6.07) is 1.89. The van der Waals surface area contributed by atoms with Crippen LogP contribution in [0.25, 0.3) is 0 Å². The molecule has 5 nitrogen and oxygen atoms in total.